The summed E-state index contributed by atoms with van der Waals surface area (Å²) in [6.45, 7) is 6.52. The molecule has 3 rings (SSSR count). The average Bonchev–Trinajstić information content (AvgIpc) is 2.92. The summed E-state index contributed by atoms with van der Waals surface area (Å²) in [5.74, 6) is 0.978. The van der Waals surface area contributed by atoms with Gasteiger partial charge in [-0.2, -0.15) is 0 Å². The number of carbonyl (C=O) groups excluding carboxylic acids is 1. The smallest absolute Gasteiger partial charge is 0.227 e. The molecule has 2 aliphatic rings. The molecule has 2 fully saturated rings. The van der Waals surface area contributed by atoms with Gasteiger partial charge >= 0.3 is 0 Å². The van der Waals surface area contributed by atoms with Crippen molar-refractivity contribution in [3.63, 3.8) is 0 Å². The van der Waals surface area contributed by atoms with E-state index in [-0.39, 0.29) is 11.8 Å². The predicted molar refractivity (Wildman–Crippen MR) is 78.5 cm³/mol. The van der Waals surface area contributed by atoms with Crippen LogP contribution in [0.4, 0.5) is 11.4 Å². The third-order valence-electron chi connectivity index (χ3n) is 4.39. The molecule has 1 N–H and O–H groups in total. The van der Waals surface area contributed by atoms with Crippen LogP contribution in [0, 0.1) is 18.8 Å². The molecule has 1 saturated carbocycles. The lowest BCUT2D eigenvalue weighted by Crippen LogP contribution is -2.18. The zero-order valence-electron chi connectivity index (χ0n) is 11.8. The van der Waals surface area contributed by atoms with Gasteiger partial charge in [-0.25, -0.2) is 0 Å². The third-order valence-corrected chi connectivity index (χ3v) is 4.39. The van der Waals surface area contributed by atoms with E-state index in [2.05, 4.69) is 36.2 Å². The number of aryl methyl sites for hydroxylation is 1. The van der Waals surface area contributed by atoms with Gasteiger partial charge in [-0.3, -0.25) is 4.79 Å². The Morgan fingerprint density at radius 1 is 1.32 bits per heavy atom. The molecule has 19 heavy (non-hydrogen) atoms. The molecule has 2 unspecified atom stereocenters. The van der Waals surface area contributed by atoms with Gasteiger partial charge in [0.05, 0.1) is 0 Å². The van der Waals surface area contributed by atoms with Crippen molar-refractivity contribution in [3.8, 4) is 0 Å². The molecule has 1 amide bonds. The highest BCUT2D eigenvalue weighted by molar-refractivity contribution is 5.95. The Balaban J connectivity index is 1.70. The molecule has 0 aromatic heterocycles. The second kappa shape index (κ2) is 4.87. The first-order valence-electron chi connectivity index (χ1n) is 7.31. The van der Waals surface area contributed by atoms with Crippen molar-refractivity contribution in [2.24, 2.45) is 11.8 Å². The summed E-state index contributed by atoms with van der Waals surface area (Å²) < 4.78 is 0. The van der Waals surface area contributed by atoms with Crippen molar-refractivity contribution in [2.45, 2.75) is 33.1 Å². The van der Waals surface area contributed by atoms with Crippen molar-refractivity contribution in [1.82, 2.24) is 0 Å². The molecule has 1 heterocycles. The normalized spacial score (nSPS) is 25.5. The Bertz CT molecular complexity index is 492. The zero-order valence-corrected chi connectivity index (χ0v) is 11.8. The van der Waals surface area contributed by atoms with Crippen LogP contribution in [-0.4, -0.2) is 19.0 Å². The molecule has 2 atom stereocenters. The molecule has 1 aliphatic carbocycles. The quantitative estimate of drug-likeness (QED) is 0.903. The van der Waals surface area contributed by atoms with Gasteiger partial charge in [0.15, 0.2) is 0 Å². The summed E-state index contributed by atoms with van der Waals surface area (Å²) in [4.78, 5) is 14.4. The van der Waals surface area contributed by atoms with E-state index in [1.54, 1.807) is 0 Å². The molecule has 1 aliphatic heterocycles. The van der Waals surface area contributed by atoms with Gasteiger partial charge in [-0.15, -0.1) is 0 Å². The Kier molecular flexibility index (Phi) is 3.21. The van der Waals surface area contributed by atoms with E-state index in [1.807, 2.05) is 6.07 Å². The molecule has 0 radical (unpaired) electrons. The molecular formula is C16H22N2O. The number of hydrogen-bond donors (Lipinski definition) is 1. The minimum absolute atomic E-state index is 0.185. The fourth-order valence-corrected chi connectivity index (χ4v) is 2.87. The minimum atomic E-state index is 0.185. The zero-order chi connectivity index (χ0) is 13.4. The number of nitrogens with one attached hydrogen (secondary N) is 1. The van der Waals surface area contributed by atoms with Crippen LogP contribution in [-0.2, 0) is 4.79 Å². The number of carbonyl (C=O) groups is 1. The summed E-state index contributed by atoms with van der Waals surface area (Å²) in [6.07, 6.45) is 3.62. The average molecular weight is 258 g/mol. The summed E-state index contributed by atoms with van der Waals surface area (Å²) >= 11 is 0. The van der Waals surface area contributed by atoms with Crippen molar-refractivity contribution in [1.29, 1.82) is 0 Å². The van der Waals surface area contributed by atoms with Crippen LogP contribution < -0.4 is 10.2 Å². The molecule has 1 aromatic rings. The van der Waals surface area contributed by atoms with Crippen LogP contribution >= 0.6 is 0 Å². The van der Waals surface area contributed by atoms with Gasteiger partial charge in [0.25, 0.3) is 0 Å². The molecule has 3 heteroatoms. The van der Waals surface area contributed by atoms with Crippen molar-refractivity contribution in [3.05, 3.63) is 23.8 Å². The summed E-state index contributed by atoms with van der Waals surface area (Å²) in [6, 6.07) is 6.37. The van der Waals surface area contributed by atoms with E-state index in [9.17, 15) is 4.79 Å². The van der Waals surface area contributed by atoms with Gasteiger partial charge in [0, 0.05) is 30.4 Å². The highest BCUT2D eigenvalue weighted by Gasteiger charge is 2.39. The number of nitrogens with zero attached hydrogens (tertiary/aromatic N) is 1. The van der Waals surface area contributed by atoms with Gasteiger partial charge in [-0.1, -0.05) is 6.92 Å². The number of rotatable bonds is 3. The van der Waals surface area contributed by atoms with E-state index in [4.69, 9.17) is 0 Å². The van der Waals surface area contributed by atoms with Gasteiger partial charge < -0.3 is 10.2 Å². The molecule has 102 valence electrons. The van der Waals surface area contributed by atoms with Crippen LogP contribution in [0.1, 0.15) is 31.7 Å². The summed E-state index contributed by atoms with van der Waals surface area (Å²) in [5, 5.41) is 3.06. The predicted octanol–water partition coefficient (Wildman–Crippen LogP) is 3.19. The fraction of sp³-hybridized carbons (Fsp3) is 0.562. The van der Waals surface area contributed by atoms with Crippen LogP contribution in [0.2, 0.25) is 0 Å². The summed E-state index contributed by atoms with van der Waals surface area (Å²) in [5.41, 5.74) is 3.41. The van der Waals surface area contributed by atoms with E-state index in [0.29, 0.717) is 5.92 Å². The Labute approximate surface area is 115 Å². The molecule has 1 aromatic carbocycles. The molecule has 3 nitrogen and oxygen atoms in total. The van der Waals surface area contributed by atoms with Crippen molar-refractivity contribution < 1.29 is 4.79 Å². The highest BCUT2D eigenvalue weighted by atomic mass is 16.2. The van der Waals surface area contributed by atoms with E-state index in [1.165, 1.54) is 18.5 Å². The number of anilines is 2. The van der Waals surface area contributed by atoms with Crippen LogP contribution in [0.3, 0.4) is 0 Å². The lowest BCUT2D eigenvalue weighted by atomic mass is 10.1. The maximum absolute atomic E-state index is 12.0. The lowest BCUT2D eigenvalue weighted by molar-refractivity contribution is -0.117. The minimum Gasteiger partial charge on any atom is -0.372 e. The largest absolute Gasteiger partial charge is 0.372 e. The Hall–Kier alpha value is -1.51. The molecule has 1 saturated heterocycles. The Morgan fingerprint density at radius 3 is 2.58 bits per heavy atom. The van der Waals surface area contributed by atoms with E-state index in [0.717, 1.165) is 30.8 Å². The van der Waals surface area contributed by atoms with Crippen molar-refractivity contribution in [2.75, 3.05) is 23.3 Å². The Morgan fingerprint density at radius 2 is 2.00 bits per heavy atom. The molecule has 0 spiro atoms. The highest BCUT2D eigenvalue weighted by Crippen LogP contribution is 2.38. The second-order valence-electron chi connectivity index (χ2n) is 6.00. The van der Waals surface area contributed by atoms with Gasteiger partial charge in [-0.05, 0) is 55.9 Å². The fourth-order valence-electron chi connectivity index (χ4n) is 2.87. The van der Waals surface area contributed by atoms with Crippen molar-refractivity contribution >= 4 is 17.3 Å². The third kappa shape index (κ3) is 2.60. The lowest BCUT2D eigenvalue weighted by Gasteiger charge is -2.19. The second-order valence-corrected chi connectivity index (χ2v) is 6.00. The van der Waals surface area contributed by atoms with Gasteiger partial charge in [0.1, 0.15) is 0 Å². The van der Waals surface area contributed by atoms with Crippen LogP contribution in [0.5, 0.6) is 0 Å². The topological polar surface area (TPSA) is 32.3 Å². The standard InChI is InChI=1S/C16H22N2O/c1-11-10-14(11)16(19)17-15-6-5-13(9-12(15)2)18-7-3-4-8-18/h5-6,9,11,14H,3-4,7-8,10H2,1-2H3,(H,17,19). The first kappa shape index (κ1) is 12.5. The first-order valence-corrected chi connectivity index (χ1v) is 7.31. The summed E-state index contributed by atoms with van der Waals surface area (Å²) in [7, 11) is 0. The number of amides is 1. The van der Waals surface area contributed by atoms with E-state index < -0.39 is 0 Å². The van der Waals surface area contributed by atoms with E-state index >= 15 is 0 Å². The first-order chi connectivity index (χ1) is 9.15. The number of hydrogen-bond acceptors (Lipinski definition) is 2. The number of benzene rings is 1. The maximum atomic E-state index is 12.0. The van der Waals surface area contributed by atoms with Crippen LogP contribution in [0.25, 0.3) is 0 Å². The molecule has 0 bridgehead atoms. The monoisotopic (exact) mass is 258 g/mol. The van der Waals surface area contributed by atoms with Crippen LogP contribution in [0.15, 0.2) is 18.2 Å². The maximum Gasteiger partial charge on any atom is 0.227 e. The SMILES string of the molecule is Cc1cc(N2CCCC2)ccc1NC(=O)C1CC1C. The molecular weight excluding hydrogens is 236 g/mol. The van der Waals surface area contributed by atoms with Gasteiger partial charge in [0.2, 0.25) is 5.91 Å².